The van der Waals surface area contributed by atoms with Crippen LogP contribution in [0.2, 0.25) is 0 Å². The Morgan fingerprint density at radius 3 is 2.71 bits per heavy atom. The second-order valence-electron chi connectivity index (χ2n) is 9.21. The van der Waals surface area contributed by atoms with Gasteiger partial charge in [0.2, 0.25) is 0 Å². The van der Waals surface area contributed by atoms with Gasteiger partial charge >= 0.3 is 0 Å². The number of para-hydroxylation sites is 2. The number of hydrogen-bond donors (Lipinski definition) is 1. The summed E-state index contributed by atoms with van der Waals surface area (Å²) < 4.78 is 10.9. The fourth-order valence-electron chi connectivity index (χ4n) is 4.91. The number of fused-ring (bicyclic) bond motifs is 1. The lowest BCUT2D eigenvalue weighted by atomic mass is 10.1. The predicted octanol–water partition coefficient (Wildman–Crippen LogP) is 4.09. The van der Waals surface area contributed by atoms with Gasteiger partial charge in [-0.15, -0.1) is 11.3 Å². The number of rotatable bonds is 8. The average Bonchev–Trinajstić information content (AvgIpc) is 3.37. The molecule has 0 radical (unpaired) electrons. The van der Waals surface area contributed by atoms with Crippen LogP contribution < -0.4 is 14.8 Å². The third kappa shape index (κ3) is 4.89. The van der Waals surface area contributed by atoms with Crippen molar-refractivity contribution in [3.8, 4) is 21.9 Å². The van der Waals surface area contributed by atoms with Gasteiger partial charge in [0.05, 0.1) is 23.0 Å². The topological polar surface area (TPSA) is 80.8 Å². The van der Waals surface area contributed by atoms with Gasteiger partial charge < -0.3 is 19.7 Å². The second kappa shape index (κ2) is 9.70. The quantitative estimate of drug-likeness (QED) is 0.513. The molecule has 8 heteroatoms. The highest BCUT2D eigenvalue weighted by Gasteiger charge is 2.54. The molecule has 0 bridgehead atoms. The molecule has 2 fully saturated rings. The standard InChI is InChI=1S/C27H29N3O4S/c1-16-7-6-8-18(11-16)26-25(29-17(2)35-26)27(32)30-14-19-12-20(19)21(30)13-28-24(31)15-34-23-10-5-4-9-22(23)33-3/h4-11,19-21H,12-15H2,1-3H3,(H,28,31)/t19-,20?,21-/m1/s1. The molecule has 1 aliphatic carbocycles. The van der Waals surface area contributed by atoms with Crippen LogP contribution in [0.4, 0.5) is 0 Å². The molecule has 2 amide bonds. The van der Waals surface area contributed by atoms with Gasteiger partial charge in [0, 0.05) is 13.1 Å². The first-order chi connectivity index (χ1) is 16.9. The molecule has 1 N–H and O–H groups in total. The number of piperidine rings is 1. The molecule has 2 heterocycles. The molecular formula is C27H29N3O4S. The number of amides is 2. The minimum atomic E-state index is -0.225. The molecule has 3 aromatic rings. The van der Waals surface area contributed by atoms with Crippen molar-refractivity contribution in [1.82, 2.24) is 15.2 Å². The Hall–Kier alpha value is -3.39. The normalized spacial score (nSPS) is 20.3. The summed E-state index contributed by atoms with van der Waals surface area (Å²) in [5.41, 5.74) is 2.67. The van der Waals surface area contributed by atoms with Crippen LogP contribution in [0.5, 0.6) is 11.5 Å². The Kier molecular flexibility index (Phi) is 6.47. The van der Waals surface area contributed by atoms with Crippen LogP contribution in [-0.4, -0.2) is 54.5 Å². The van der Waals surface area contributed by atoms with Gasteiger partial charge in [0.1, 0.15) is 5.69 Å². The maximum Gasteiger partial charge on any atom is 0.274 e. The maximum atomic E-state index is 13.7. The third-order valence-electron chi connectivity index (χ3n) is 6.72. The van der Waals surface area contributed by atoms with Gasteiger partial charge in [-0.05, 0) is 49.8 Å². The number of nitrogens with zero attached hydrogens (tertiary/aromatic N) is 2. The molecule has 0 spiro atoms. The number of carbonyl (C=O) groups excluding carboxylic acids is 2. The van der Waals surface area contributed by atoms with Crippen LogP contribution in [-0.2, 0) is 4.79 Å². The number of hydrogen-bond acceptors (Lipinski definition) is 6. The Morgan fingerprint density at radius 1 is 1.14 bits per heavy atom. The van der Waals surface area contributed by atoms with Crippen LogP contribution in [0, 0.1) is 25.7 Å². The van der Waals surface area contributed by atoms with Gasteiger partial charge in [-0.25, -0.2) is 4.98 Å². The van der Waals surface area contributed by atoms with Crippen molar-refractivity contribution in [3.63, 3.8) is 0 Å². The molecule has 1 saturated carbocycles. The summed E-state index contributed by atoms with van der Waals surface area (Å²) in [7, 11) is 1.56. The molecule has 2 aliphatic rings. The first kappa shape index (κ1) is 23.4. The molecule has 2 aromatic carbocycles. The van der Waals surface area contributed by atoms with E-state index in [9.17, 15) is 9.59 Å². The number of benzene rings is 2. The van der Waals surface area contributed by atoms with Gasteiger partial charge in [-0.3, -0.25) is 9.59 Å². The highest BCUT2D eigenvalue weighted by atomic mass is 32.1. The van der Waals surface area contributed by atoms with Crippen molar-refractivity contribution in [2.24, 2.45) is 11.8 Å². The molecule has 1 aromatic heterocycles. The Bertz CT molecular complexity index is 1260. The van der Waals surface area contributed by atoms with Crippen LogP contribution in [0.1, 0.15) is 27.5 Å². The van der Waals surface area contributed by atoms with Crippen LogP contribution >= 0.6 is 11.3 Å². The Labute approximate surface area is 209 Å². The molecular weight excluding hydrogens is 462 g/mol. The molecule has 7 nitrogen and oxygen atoms in total. The van der Waals surface area contributed by atoms with Gasteiger partial charge in [-0.2, -0.15) is 0 Å². The van der Waals surface area contributed by atoms with Gasteiger partial charge in [0.25, 0.3) is 11.8 Å². The van der Waals surface area contributed by atoms with Crippen molar-refractivity contribution < 1.29 is 19.1 Å². The molecule has 5 rings (SSSR count). The minimum Gasteiger partial charge on any atom is -0.493 e. The van der Waals surface area contributed by atoms with E-state index in [-0.39, 0.29) is 24.5 Å². The first-order valence-electron chi connectivity index (χ1n) is 11.8. The number of thiazole rings is 1. The van der Waals surface area contributed by atoms with E-state index in [0.29, 0.717) is 42.1 Å². The summed E-state index contributed by atoms with van der Waals surface area (Å²) in [5.74, 6) is 1.76. The van der Waals surface area contributed by atoms with Gasteiger partial charge in [-0.1, -0.05) is 42.0 Å². The number of methoxy groups -OCH3 is 1. The zero-order valence-electron chi connectivity index (χ0n) is 20.1. The van der Waals surface area contributed by atoms with E-state index in [1.807, 2.05) is 49.1 Å². The van der Waals surface area contributed by atoms with Crippen LogP contribution in [0.25, 0.3) is 10.4 Å². The van der Waals surface area contributed by atoms with E-state index < -0.39 is 0 Å². The highest BCUT2D eigenvalue weighted by molar-refractivity contribution is 7.15. The summed E-state index contributed by atoms with van der Waals surface area (Å²) in [6.45, 7) is 4.98. The lowest BCUT2D eigenvalue weighted by Crippen LogP contribution is -2.46. The predicted molar refractivity (Wildman–Crippen MR) is 135 cm³/mol. The summed E-state index contributed by atoms with van der Waals surface area (Å²) in [4.78, 5) is 33.6. The Balaban J connectivity index is 1.25. The number of carbonyl (C=O) groups is 2. The van der Waals surface area contributed by atoms with E-state index in [2.05, 4.69) is 16.4 Å². The van der Waals surface area contributed by atoms with Crippen molar-refractivity contribution in [2.75, 3.05) is 26.8 Å². The lowest BCUT2D eigenvalue weighted by molar-refractivity contribution is -0.123. The number of aromatic nitrogens is 1. The molecule has 182 valence electrons. The monoisotopic (exact) mass is 491 g/mol. The Morgan fingerprint density at radius 2 is 1.94 bits per heavy atom. The number of nitrogens with one attached hydrogen (secondary N) is 1. The van der Waals surface area contributed by atoms with E-state index in [4.69, 9.17) is 9.47 Å². The number of likely N-dealkylation sites (tertiary alicyclic amines) is 1. The summed E-state index contributed by atoms with van der Waals surface area (Å²) in [5, 5.41) is 3.84. The fraction of sp³-hybridized carbons (Fsp3) is 0.370. The average molecular weight is 492 g/mol. The number of ether oxygens (including phenoxy) is 2. The largest absolute Gasteiger partial charge is 0.493 e. The van der Waals surface area contributed by atoms with E-state index in [0.717, 1.165) is 27.4 Å². The summed E-state index contributed by atoms with van der Waals surface area (Å²) in [6, 6.07) is 15.4. The lowest BCUT2D eigenvalue weighted by Gasteiger charge is -2.27. The van der Waals surface area contributed by atoms with Crippen LogP contribution in [0.15, 0.2) is 48.5 Å². The van der Waals surface area contributed by atoms with Crippen molar-refractivity contribution in [1.29, 1.82) is 0 Å². The maximum absolute atomic E-state index is 13.7. The first-order valence-corrected chi connectivity index (χ1v) is 12.6. The SMILES string of the molecule is COc1ccccc1OCC(=O)NC[C@@H]1C2C[C@@H]2CN1C(=O)c1nc(C)sc1-c1cccc(C)c1. The van der Waals surface area contributed by atoms with Crippen LogP contribution in [0.3, 0.4) is 0 Å². The third-order valence-corrected chi connectivity index (χ3v) is 7.74. The minimum absolute atomic E-state index is 0.0323. The molecule has 1 unspecified atom stereocenters. The van der Waals surface area contributed by atoms with Gasteiger partial charge in [0.15, 0.2) is 18.1 Å². The van der Waals surface area contributed by atoms with E-state index >= 15 is 0 Å². The zero-order chi connectivity index (χ0) is 24.5. The second-order valence-corrected chi connectivity index (χ2v) is 10.4. The zero-order valence-corrected chi connectivity index (χ0v) is 20.9. The van der Waals surface area contributed by atoms with E-state index in [1.165, 1.54) is 0 Å². The fourth-order valence-corrected chi connectivity index (χ4v) is 5.81. The van der Waals surface area contributed by atoms with E-state index in [1.54, 1.807) is 30.6 Å². The molecule has 1 aliphatic heterocycles. The summed E-state index contributed by atoms with van der Waals surface area (Å²) >= 11 is 1.55. The van der Waals surface area contributed by atoms with Crippen molar-refractivity contribution in [3.05, 3.63) is 64.8 Å². The smallest absolute Gasteiger partial charge is 0.274 e. The molecule has 1 saturated heterocycles. The number of aryl methyl sites for hydroxylation is 2. The van der Waals surface area contributed by atoms with Crippen molar-refractivity contribution >= 4 is 23.2 Å². The highest BCUT2D eigenvalue weighted by Crippen LogP contribution is 2.50. The summed E-state index contributed by atoms with van der Waals surface area (Å²) in [6.07, 6.45) is 1.10. The molecule has 35 heavy (non-hydrogen) atoms. The van der Waals surface area contributed by atoms with Crippen molar-refractivity contribution in [2.45, 2.75) is 26.3 Å². The molecule has 3 atom stereocenters.